The quantitative estimate of drug-likeness (QED) is 0.0939. The Kier molecular flexibility index (Phi) is 11.7. The molecule has 1 aliphatic rings. The predicted molar refractivity (Wildman–Crippen MR) is 155 cm³/mol. The molecule has 1 rings (SSSR count). The maximum Gasteiger partial charge on any atom is 0.194 e. The molecule has 0 spiro atoms. The number of rotatable bonds is 15. The molecule has 1 aliphatic heterocycles. The lowest BCUT2D eigenvalue weighted by Crippen LogP contribution is -2.54. The van der Waals surface area contributed by atoms with Crippen LogP contribution >= 0.6 is 0 Å². The molecule has 35 heavy (non-hydrogen) atoms. The van der Waals surface area contributed by atoms with Crippen molar-refractivity contribution >= 4 is 16.6 Å². The predicted octanol–water partition coefficient (Wildman–Crippen LogP) is 8.22. The van der Waals surface area contributed by atoms with Crippen LogP contribution in [0.3, 0.4) is 0 Å². The molecule has 0 N–H and O–H groups in total. The van der Waals surface area contributed by atoms with E-state index in [1.165, 1.54) is 0 Å². The standard InChI is InChI=1S/C29H54O4Si2/c1-14-20-21-22-29(16-3,33-35(17-4,18-5)19-6)23-25(32-34(12,13)27(7,8)9)26-24(15-2)30-28(10,11)31-26/h3,14-15,24-26H,1-2,17-23H2,4-13H3/t24-,25+,26-,29+/m1/s1. The average Bonchev–Trinajstić information content (AvgIpc) is 3.11. The monoisotopic (exact) mass is 522 g/mol. The van der Waals surface area contributed by atoms with Gasteiger partial charge in [-0.05, 0) is 69.4 Å². The second-order valence-electron chi connectivity index (χ2n) is 12.1. The van der Waals surface area contributed by atoms with Crippen LogP contribution in [0, 0.1) is 12.3 Å². The number of hydrogen-bond donors (Lipinski definition) is 0. The Morgan fingerprint density at radius 1 is 1.09 bits per heavy atom. The largest absolute Gasteiger partial charge is 0.411 e. The van der Waals surface area contributed by atoms with Crippen LogP contribution < -0.4 is 0 Å². The molecule has 0 amide bonds. The molecule has 0 unspecified atom stereocenters. The summed E-state index contributed by atoms with van der Waals surface area (Å²) in [5.74, 6) is 2.44. The Bertz CT molecular complexity index is 722. The first kappa shape index (κ1) is 32.3. The molecule has 202 valence electrons. The summed E-state index contributed by atoms with van der Waals surface area (Å²) in [5, 5.41) is 0.0428. The van der Waals surface area contributed by atoms with Gasteiger partial charge in [0.05, 0.1) is 6.10 Å². The molecular formula is C29H54O4Si2. The molecule has 0 aromatic heterocycles. The molecule has 0 aliphatic carbocycles. The number of unbranched alkanes of at least 4 members (excludes halogenated alkanes) is 1. The summed E-state index contributed by atoms with van der Waals surface area (Å²) in [7, 11) is -4.15. The van der Waals surface area contributed by atoms with E-state index < -0.39 is 28.0 Å². The zero-order chi connectivity index (χ0) is 27.1. The average molecular weight is 523 g/mol. The van der Waals surface area contributed by atoms with Crippen molar-refractivity contribution in [2.24, 2.45) is 0 Å². The van der Waals surface area contributed by atoms with Gasteiger partial charge in [-0.2, -0.15) is 0 Å². The zero-order valence-electron chi connectivity index (χ0n) is 24.5. The molecular weight excluding hydrogens is 468 g/mol. The lowest BCUT2D eigenvalue weighted by Gasteiger charge is -2.45. The van der Waals surface area contributed by atoms with Crippen LogP contribution in [0.1, 0.15) is 81.1 Å². The maximum atomic E-state index is 7.16. The zero-order valence-corrected chi connectivity index (χ0v) is 26.5. The summed E-state index contributed by atoms with van der Waals surface area (Å²) in [6.45, 7) is 29.9. The first-order chi connectivity index (χ1) is 16.1. The lowest BCUT2D eigenvalue weighted by atomic mass is 9.88. The van der Waals surface area contributed by atoms with Gasteiger partial charge in [0, 0.05) is 6.42 Å². The van der Waals surface area contributed by atoms with E-state index in [1.807, 2.05) is 26.0 Å². The Morgan fingerprint density at radius 2 is 1.66 bits per heavy atom. The molecule has 0 bridgehead atoms. The van der Waals surface area contributed by atoms with E-state index >= 15 is 0 Å². The minimum absolute atomic E-state index is 0.0428. The summed E-state index contributed by atoms with van der Waals surface area (Å²) in [4.78, 5) is 0. The first-order valence-electron chi connectivity index (χ1n) is 13.5. The fourth-order valence-electron chi connectivity index (χ4n) is 4.66. The molecule has 1 heterocycles. The normalized spacial score (nSPS) is 23.3. The van der Waals surface area contributed by atoms with Crippen molar-refractivity contribution in [2.75, 3.05) is 0 Å². The Morgan fingerprint density at radius 3 is 2.09 bits per heavy atom. The lowest BCUT2D eigenvalue weighted by molar-refractivity contribution is -0.155. The summed E-state index contributed by atoms with van der Waals surface area (Å²) >= 11 is 0. The van der Waals surface area contributed by atoms with Crippen LogP contribution in [-0.2, 0) is 18.3 Å². The summed E-state index contributed by atoms with van der Waals surface area (Å²) in [5.41, 5.74) is -0.716. The maximum absolute atomic E-state index is 7.16. The molecule has 6 heteroatoms. The van der Waals surface area contributed by atoms with Gasteiger partial charge in [0.1, 0.15) is 17.8 Å². The van der Waals surface area contributed by atoms with Crippen molar-refractivity contribution in [2.45, 2.75) is 147 Å². The molecule has 0 radical (unpaired) electrons. The van der Waals surface area contributed by atoms with Gasteiger partial charge in [-0.1, -0.05) is 59.6 Å². The van der Waals surface area contributed by atoms with Crippen molar-refractivity contribution in [3.05, 3.63) is 25.3 Å². The summed E-state index contributed by atoms with van der Waals surface area (Å²) < 4.78 is 26.9. The van der Waals surface area contributed by atoms with Crippen molar-refractivity contribution < 1.29 is 18.3 Å². The van der Waals surface area contributed by atoms with Crippen molar-refractivity contribution in [3.8, 4) is 12.3 Å². The number of terminal acetylenes is 1. The van der Waals surface area contributed by atoms with E-state index in [4.69, 9.17) is 24.7 Å². The molecule has 0 saturated carbocycles. The Balaban J connectivity index is 3.56. The van der Waals surface area contributed by atoms with E-state index in [0.29, 0.717) is 6.42 Å². The summed E-state index contributed by atoms with van der Waals surface area (Å²) in [6.07, 6.45) is 12.5. The fraction of sp³-hybridized carbons (Fsp3) is 0.793. The van der Waals surface area contributed by atoms with Gasteiger partial charge in [0.25, 0.3) is 0 Å². The highest BCUT2D eigenvalue weighted by atomic mass is 28.4. The Hall–Kier alpha value is -0.686. The van der Waals surface area contributed by atoms with Gasteiger partial charge in [-0.15, -0.1) is 19.6 Å². The smallest absolute Gasteiger partial charge is 0.194 e. The number of ether oxygens (including phenoxy) is 2. The molecule has 1 saturated heterocycles. The van der Waals surface area contributed by atoms with Crippen molar-refractivity contribution in [1.82, 2.24) is 0 Å². The van der Waals surface area contributed by atoms with Gasteiger partial charge in [0.15, 0.2) is 22.4 Å². The van der Waals surface area contributed by atoms with E-state index in [-0.39, 0.29) is 23.4 Å². The second-order valence-corrected chi connectivity index (χ2v) is 21.5. The minimum Gasteiger partial charge on any atom is -0.411 e. The van der Waals surface area contributed by atoms with Crippen molar-refractivity contribution in [3.63, 3.8) is 0 Å². The third-order valence-corrected chi connectivity index (χ3v) is 17.3. The van der Waals surface area contributed by atoms with Crippen LogP contribution in [0.25, 0.3) is 0 Å². The van der Waals surface area contributed by atoms with Crippen LogP contribution in [-0.4, -0.2) is 46.3 Å². The summed E-state index contributed by atoms with van der Waals surface area (Å²) in [6, 6.07) is 3.14. The third-order valence-electron chi connectivity index (χ3n) is 8.14. The first-order valence-corrected chi connectivity index (χ1v) is 19.0. The molecule has 0 aromatic carbocycles. The van der Waals surface area contributed by atoms with Gasteiger partial charge in [-0.3, -0.25) is 0 Å². The van der Waals surface area contributed by atoms with E-state index in [1.54, 1.807) is 0 Å². The van der Waals surface area contributed by atoms with Gasteiger partial charge in [-0.25, -0.2) is 0 Å². The topological polar surface area (TPSA) is 36.9 Å². The van der Waals surface area contributed by atoms with Gasteiger partial charge >= 0.3 is 0 Å². The third kappa shape index (κ3) is 8.41. The van der Waals surface area contributed by atoms with Crippen molar-refractivity contribution in [1.29, 1.82) is 0 Å². The highest BCUT2D eigenvalue weighted by Gasteiger charge is 2.51. The molecule has 1 fully saturated rings. The van der Waals surface area contributed by atoms with E-state index in [2.05, 4.69) is 73.7 Å². The van der Waals surface area contributed by atoms with Crippen LogP contribution in [0.2, 0.25) is 36.3 Å². The van der Waals surface area contributed by atoms with Crippen LogP contribution in [0.4, 0.5) is 0 Å². The van der Waals surface area contributed by atoms with E-state index in [9.17, 15) is 0 Å². The van der Waals surface area contributed by atoms with Gasteiger partial charge < -0.3 is 18.3 Å². The molecule has 4 atom stereocenters. The van der Waals surface area contributed by atoms with Gasteiger partial charge in [0.2, 0.25) is 0 Å². The highest BCUT2D eigenvalue weighted by Crippen LogP contribution is 2.43. The molecule has 0 aromatic rings. The Labute approximate surface area is 219 Å². The highest BCUT2D eigenvalue weighted by molar-refractivity contribution is 6.74. The second kappa shape index (κ2) is 12.7. The minimum atomic E-state index is -2.16. The number of hydrogen-bond acceptors (Lipinski definition) is 4. The fourth-order valence-corrected chi connectivity index (χ4v) is 8.99. The molecule has 4 nitrogen and oxygen atoms in total. The number of allylic oxidation sites excluding steroid dienone is 1. The van der Waals surface area contributed by atoms with E-state index in [0.717, 1.165) is 37.4 Å². The SMILES string of the molecule is C#C[C@](CCCC=C)(C[C@H](O[Si](C)(C)C(C)(C)C)[C@@H]1OC(C)(C)O[C@@H]1C=C)O[Si](CC)(CC)CC. The van der Waals surface area contributed by atoms with Crippen LogP contribution in [0.5, 0.6) is 0 Å². The van der Waals surface area contributed by atoms with Crippen LogP contribution in [0.15, 0.2) is 25.3 Å².